The molecule has 0 radical (unpaired) electrons. The number of benzene rings is 1. The molecule has 11 nitrogen and oxygen atoms in total. The number of amides is 3. The second-order valence-electron chi connectivity index (χ2n) is 9.63. The molecule has 0 aliphatic carbocycles. The number of aromatic nitrogens is 3. The molecule has 0 atom stereocenters. The van der Waals surface area contributed by atoms with Gasteiger partial charge in [0.25, 0.3) is 17.4 Å². The molecular formula is C24H26ClFN6O5. The summed E-state index contributed by atoms with van der Waals surface area (Å²) in [6.45, 7) is 6.29. The van der Waals surface area contributed by atoms with Crippen LogP contribution >= 0.6 is 11.6 Å². The highest BCUT2D eigenvalue weighted by Gasteiger charge is 2.29. The molecule has 13 heteroatoms. The molecular weight excluding hydrogens is 507 g/mol. The zero-order valence-electron chi connectivity index (χ0n) is 20.4. The number of hydrazine groups is 1. The van der Waals surface area contributed by atoms with Crippen molar-refractivity contribution in [2.24, 2.45) is 0 Å². The lowest BCUT2D eigenvalue weighted by Gasteiger charge is -2.33. The lowest BCUT2D eigenvalue weighted by molar-refractivity contribution is 0.0203. The van der Waals surface area contributed by atoms with Gasteiger partial charge in [-0.15, -0.1) is 0 Å². The minimum absolute atomic E-state index is 0.00277. The van der Waals surface area contributed by atoms with Crippen LogP contribution in [0.4, 0.5) is 9.18 Å². The van der Waals surface area contributed by atoms with E-state index < -0.39 is 28.8 Å². The monoisotopic (exact) mass is 532 g/mol. The van der Waals surface area contributed by atoms with Crippen molar-refractivity contribution in [2.45, 2.75) is 45.1 Å². The zero-order valence-corrected chi connectivity index (χ0v) is 21.2. The van der Waals surface area contributed by atoms with Crippen LogP contribution in [0.1, 0.15) is 65.9 Å². The number of rotatable bonds is 3. The Morgan fingerprint density at radius 3 is 2.43 bits per heavy atom. The number of aromatic amines is 1. The Hall–Kier alpha value is -3.93. The maximum absolute atomic E-state index is 14.1. The molecule has 1 aliphatic heterocycles. The van der Waals surface area contributed by atoms with Crippen molar-refractivity contribution < 1.29 is 23.5 Å². The second kappa shape index (κ2) is 10.2. The van der Waals surface area contributed by atoms with E-state index >= 15 is 0 Å². The van der Waals surface area contributed by atoms with E-state index in [0.717, 1.165) is 0 Å². The predicted molar refractivity (Wildman–Crippen MR) is 132 cm³/mol. The van der Waals surface area contributed by atoms with Gasteiger partial charge in [0.05, 0.1) is 22.5 Å². The minimum Gasteiger partial charge on any atom is -0.444 e. The van der Waals surface area contributed by atoms with Gasteiger partial charge >= 0.3 is 6.09 Å². The first-order chi connectivity index (χ1) is 17.4. The van der Waals surface area contributed by atoms with E-state index in [0.29, 0.717) is 31.6 Å². The average Bonchev–Trinajstić information content (AvgIpc) is 3.26. The Labute approximate surface area is 215 Å². The number of likely N-dealkylation sites (tertiary alicyclic amines) is 1. The summed E-state index contributed by atoms with van der Waals surface area (Å²) in [4.78, 5) is 54.1. The quantitative estimate of drug-likeness (QED) is 0.443. The van der Waals surface area contributed by atoms with Crippen LogP contribution in [0.3, 0.4) is 0 Å². The zero-order chi connectivity index (χ0) is 26.9. The first kappa shape index (κ1) is 26.1. The number of carbonyl (C=O) groups excluding carboxylic acids is 3. The molecule has 1 aliphatic rings. The smallest absolute Gasteiger partial charge is 0.410 e. The number of nitrogens with zero attached hydrogens (tertiary/aromatic N) is 3. The first-order valence-electron chi connectivity index (χ1n) is 11.6. The van der Waals surface area contributed by atoms with Crippen molar-refractivity contribution in [2.75, 3.05) is 13.1 Å². The summed E-state index contributed by atoms with van der Waals surface area (Å²) in [6, 6.07) is 5.33. The number of nitrogens with one attached hydrogen (secondary N) is 3. The van der Waals surface area contributed by atoms with Crippen molar-refractivity contribution in [3.63, 3.8) is 0 Å². The topological polar surface area (TPSA) is 138 Å². The third-order valence-electron chi connectivity index (χ3n) is 5.83. The van der Waals surface area contributed by atoms with Crippen molar-refractivity contribution in [1.82, 2.24) is 30.3 Å². The van der Waals surface area contributed by atoms with Crippen molar-refractivity contribution >= 4 is 35.2 Å². The summed E-state index contributed by atoms with van der Waals surface area (Å²) in [7, 11) is 0. The second-order valence-corrected chi connectivity index (χ2v) is 10.0. The third kappa shape index (κ3) is 5.74. The Kier molecular flexibility index (Phi) is 7.21. The van der Waals surface area contributed by atoms with Gasteiger partial charge in [-0.05, 0) is 45.7 Å². The summed E-state index contributed by atoms with van der Waals surface area (Å²) in [5.41, 5.74) is 3.67. The molecule has 1 saturated heterocycles. The van der Waals surface area contributed by atoms with E-state index in [4.69, 9.17) is 16.3 Å². The Bertz CT molecular complexity index is 1420. The highest BCUT2D eigenvalue weighted by molar-refractivity contribution is 6.31. The van der Waals surface area contributed by atoms with Gasteiger partial charge in [-0.25, -0.2) is 13.7 Å². The van der Waals surface area contributed by atoms with E-state index in [2.05, 4.69) is 20.9 Å². The van der Waals surface area contributed by atoms with Gasteiger partial charge in [-0.3, -0.25) is 25.2 Å². The van der Waals surface area contributed by atoms with Crippen LogP contribution < -0.4 is 16.4 Å². The third-order valence-corrected chi connectivity index (χ3v) is 6.12. The fourth-order valence-corrected chi connectivity index (χ4v) is 4.26. The molecule has 1 fully saturated rings. The highest BCUT2D eigenvalue weighted by atomic mass is 35.5. The molecule has 0 bridgehead atoms. The molecule has 3 amide bonds. The van der Waals surface area contributed by atoms with Crippen LogP contribution in [0.15, 0.2) is 35.3 Å². The largest absolute Gasteiger partial charge is 0.444 e. The molecule has 2 aromatic heterocycles. The van der Waals surface area contributed by atoms with Crippen LogP contribution in [0.5, 0.6) is 0 Å². The molecule has 3 N–H and O–H groups in total. The predicted octanol–water partition coefficient (Wildman–Crippen LogP) is 3.00. The highest BCUT2D eigenvalue weighted by Crippen LogP contribution is 2.28. The van der Waals surface area contributed by atoms with E-state index in [9.17, 15) is 23.6 Å². The molecule has 196 valence electrons. The number of fused-ring (bicyclic) bond motifs is 1. The molecule has 37 heavy (non-hydrogen) atoms. The number of H-pyrrole nitrogens is 1. The van der Waals surface area contributed by atoms with Gasteiger partial charge < -0.3 is 14.6 Å². The minimum atomic E-state index is -0.918. The van der Waals surface area contributed by atoms with Gasteiger partial charge in [0, 0.05) is 25.1 Å². The first-order valence-corrected chi connectivity index (χ1v) is 12.0. The van der Waals surface area contributed by atoms with E-state index in [1.807, 2.05) is 0 Å². The van der Waals surface area contributed by atoms with E-state index in [1.54, 1.807) is 25.7 Å². The number of hydrogen-bond acceptors (Lipinski definition) is 6. The fraction of sp³-hybridized carbons (Fsp3) is 0.375. The Morgan fingerprint density at radius 1 is 1.14 bits per heavy atom. The van der Waals surface area contributed by atoms with Crippen molar-refractivity contribution in [1.29, 1.82) is 0 Å². The molecule has 4 rings (SSSR count). The van der Waals surface area contributed by atoms with Gasteiger partial charge in [-0.1, -0.05) is 17.7 Å². The summed E-state index contributed by atoms with van der Waals surface area (Å²) >= 11 is 5.70. The van der Waals surface area contributed by atoms with Crippen LogP contribution in [0, 0.1) is 5.82 Å². The SMILES string of the molecule is CC(C)(C)OC(=O)N1CCC(c2cc(=O)[nH]c3c(C(=O)NNC(=O)c4cccc(Cl)c4F)cnn23)CC1. The lowest BCUT2D eigenvalue weighted by Crippen LogP contribution is -2.42. The van der Waals surface area contributed by atoms with Gasteiger partial charge in [0.15, 0.2) is 5.82 Å². The summed E-state index contributed by atoms with van der Waals surface area (Å²) < 4.78 is 21.0. The number of ether oxygens (including phenoxy) is 1. The Balaban J connectivity index is 1.48. The van der Waals surface area contributed by atoms with Crippen LogP contribution in [-0.2, 0) is 4.74 Å². The number of piperidine rings is 1. The number of carbonyl (C=O) groups is 3. The maximum atomic E-state index is 14.1. The maximum Gasteiger partial charge on any atom is 0.410 e. The van der Waals surface area contributed by atoms with Gasteiger partial charge in [0.1, 0.15) is 16.8 Å². The van der Waals surface area contributed by atoms with Crippen molar-refractivity contribution in [3.8, 4) is 0 Å². The molecule has 0 unspecified atom stereocenters. The summed E-state index contributed by atoms with van der Waals surface area (Å²) in [5.74, 6) is -2.68. The van der Waals surface area contributed by atoms with Crippen LogP contribution in [0.25, 0.3) is 5.65 Å². The summed E-state index contributed by atoms with van der Waals surface area (Å²) in [6.07, 6.45) is 2.01. The fourth-order valence-electron chi connectivity index (χ4n) is 4.08. The van der Waals surface area contributed by atoms with Gasteiger partial charge in [-0.2, -0.15) is 5.10 Å². The van der Waals surface area contributed by atoms with Crippen LogP contribution in [0.2, 0.25) is 5.02 Å². The molecule has 1 aromatic carbocycles. The lowest BCUT2D eigenvalue weighted by atomic mass is 9.93. The van der Waals surface area contributed by atoms with E-state index in [1.165, 1.54) is 35.0 Å². The standard InChI is InChI=1S/C24H26ClFN6O5/c1-24(2,3)37-23(36)31-9-7-13(8-10-31)17-11-18(33)28-20-15(12-27-32(17)20)22(35)30-29-21(34)14-5-4-6-16(25)19(14)26/h4-6,11-13H,7-10H2,1-3H3,(H,28,33)(H,29,34)(H,30,35). The molecule has 0 saturated carbocycles. The van der Waals surface area contributed by atoms with Crippen molar-refractivity contribution in [3.05, 3.63) is 68.5 Å². The molecule has 3 aromatic rings. The van der Waals surface area contributed by atoms with Crippen LogP contribution in [-0.4, -0.2) is 56.1 Å². The van der Waals surface area contributed by atoms with E-state index in [-0.39, 0.29) is 33.8 Å². The normalized spacial score (nSPS) is 14.5. The van der Waals surface area contributed by atoms with Gasteiger partial charge in [0.2, 0.25) is 0 Å². The number of hydrogen-bond donors (Lipinski definition) is 3. The number of halogens is 2. The molecule has 3 heterocycles. The Morgan fingerprint density at radius 2 is 1.78 bits per heavy atom. The molecule has 0 spiro atoms. The average molecular weight is 533 g/mol. The summed E-state index contributed by atoms with van der Waals surface area (Å²) in [5, 5.41) is 4.03.